The zero-order valence-electron chi connectivity index (χ0n) is 20.6. The van der Waals surface area contributed by atoms with Crippen molar-refractivity contribution in [3.8, 4) is 11.5 Å². The number of benzene rings is 3. The van der Waals surface area contributed by atoms with E-state index in [0.29, 0.717) is 30.1 Å². The SMILES string of the molecule is Cc1cc(/C(O)=C2/C(=O)C(=O)N(CC3CCCO3)C2c2cccc(O)c2)ccc1OCc1ccccc1. The van der Waals surface area contributed by atoms with E-state index in [9.17, 15) is 19.8 Å². The first-order chi connectivity index (χ1) is 17.9. The highest BCUT2D eigenvalue weighted by Crippen LogP contribution is 2.41. The minimum Gasteiger partial charge on any atom is -0.508 e. The highest BCUT2D eigenvalue weighted by Gasteiger charge is 2.47. The first-order valence-electron chi connectivity index (χ1n) is 12.4. The second-order valence-corrected chi connectivity index (χ2v) is 9.44. The maximum Gasteiger partial charge on any atom is 0.295 e. The van der Waals surface area contributed by atoms with Crippen LogP contribution in [0.25, 0.3) is 5.76 Å². The molecule has 5 rings (SSSR count). The first kappa shape index (κ1) is 24.6. The molecule has 190 valence electrons. The fourth-order valence-electron chi connectivity index (χ4n) is 4.97. The lowest BCUT2D eigenvalue weighted by molar-refractivity contribution is -0.140. The number of phenols is 1. The van der Waals surface area contributed by atoms with Gasteiger partial charge in [-0.3, -0.25) is 9.59 Å². The van der Waals surface area contributed by atoms with E-state index in [4.69, 9.17) is 9.47 Å². The molecule has 1 amide bonds. The minimum absolute atomic E-state index is 0.00838. The van der Waals surface area contributed by atoms with Crippen LogP contribution in [0.1, 0.15) is 41.1 Å². The van der Waals surface area contributed by atoms with E-state index >= 15 is 0 Å². The summed E-state index contributed by atoms with van der Waals surface area (Å²) in [4.78, 5) is 27.8. The molecule has 2 heterocycles. The number of hydrogen-bond acceptors (Lipinski definition) is 6. The highest BCUT2D eigenvalue weighted by atomic mass is 16.5. The molecule has 2 saturated heterocycles. The van der Waals surface area contributed by atoms with Gasteiger partial charge >= 0.3 is 0 Å². The molecule has 0 spiro atoms. The number of ketones is 1. The number of hydrogen-bond donors (Lipinski definition) is 2. The molecule has 2 N–H and O–H groups in total. The molecule has 2 fully saturated rings. The van der Waals surface area contributed by atoms with Gasteiger partial charge in [-0.15, -0.1) is 0 Å². The molecule has 0 aliphatic carbocycles. The van der Waals surface area contributed by atoms with Crippen molar-refractivity contribution >= 4 is 17.4 Å². The second-order valence-electron chi connectivity index (χ2n) is 9.44. The molecule has 0 aromatic heterocycles. The van der Waals surface area contributed by atoms with E-state index in [1.54, 1.807) is 30.3 Å². The topological polar surface area (TPSA) is 96.3 Å². The minimum atomic E-state index is -0.842. The Morgan fingerprint density at radius 3 is 2.57 bits per heavy atom. The van der Waals surface area contributed by atoms with Crippen LogP contribution in [-0.4, -0.2) is 46.1 Å². The van der Waals surface area contributed by atoms with Gasteiger partial charge in [0.2, 0.25) is 0 Å². The third-order valence-electron chi connectivity index (χ3n) is 6.84. The molecule has 7 heteroatoms. The quantitative estimate of drug-likeness (QED) is 0.273. The van der Waals surface area contributed by atoms with Gasteiger partial charge in [0, 0.05) is 18.7 Å². The van der Waals surface area contributed by atoms with Crippen LogP contribution in [0, 0.1) is 6.92 Å². The zero-order chi connectivity index (χ0) is 25.9. The number of nitrogens with zero attached hydrogens (tertiary/aromatic N) is 1. The molecule has 0 radical (unpaired) electrons. The predicted octanol–water partition coefficient (Wildman–Crippen LogP) is 4.88. The summed E-state index contributed by atoms with van der Waals surface area (Å²) in [5, 5.41) is 21.5. The molecular weight excluding hydrogens is 470 g/mol. The summed E-state index contributed by atoms with van der Waals surface area (Å²) in [6, 6.07) is 20.5. The highest BCUT2D eigenvalue weighted by molar-refractivity contribution is 6.46. The van der Waals surface area contributed by atoms with Gasteiger partial charge in [-0.05, 0) is 66.8 Å². The smallest absolute Gasteiger partial charge is 0.295 e. The van der Waals surface area contributed by atoms with Crippen molar-refractivity contribution in [1.82, 2.24) is 4.90 Å². The number of aliphatic hydroxyl groups is 1. The third kappa shape index (κ3) is 5.08. The zero-order valence-corrected chi connectivity index (χ0v) is 20.6. The van der Waals surface area contributed by atoms with Crippen molar-refractivity contribution in [3.05, 3.63) is 101 Å². The van der Waals surface area contributed by atoms with Crippen molar-refractivity contribution in [2.75, 3.05) is 13.2 Å². The van der Waals surface area contributed by atoms with Gasteiger partial charge in [0.25, 0.3) is 11.7 Å². The number of aliphatic hydroxyl groups excluding tert-OH is 1. The normalized spacial score (nSPS) is 20.9. The Bertz CT molecular complexity index is 1340. The van der Waals surface area contributed by atoms with Crippen LogP contribution in [0.5, 0.6) is 11.5 Å². The van der Waals surface area contributed by atoms with Crippen molar-refractivity contribution in [2.24, 2.45) is 0 Å². The molecular formula is C30H29NO6. The van der Waals surface area contributed by atoms with Crippen molar-refractivity contribution in [3.63, 3.8) is 0 Å². The lowest BCUT2D eigenvalue weighted by atomic mass is 9.94. The summed E-state index contributed by atoms with van der Waals surface area (Å²) in [7, 11) is 0. The molecule has 7 nitrogen and oxygen atoms in total. The van der Waals surface area contributed by atoms with Gasteiger partial charge in [0.15, 0.2) is 0 Å². The standard InChI is InChI=1S/C30H29NO6/c1-19-15-22(12-13-25(19)37-18-20-7-3-2-4-8-20)28(33)26-27(21-9-5-10-23(32)16-21)31(30(35)29(26)34)17-24-11-6-14-36-24/h2-5,7-10,12-13,15-16,24,27,32-33H,6,11,14,17-18H2,1H3/b28-26-. The summed E-state index contributed by atoms with van der Waals surface area (Å²) in [5.41, 5.74) is 2.75. The number of aryl methyl sites for hydroxylation is 1. The molecule has 2 atom stereocenters. The number of likely N-dealkylation sites (tertiary alicyclic amines) is 1. The first-order valence-corrected chi connectivity index (χ1v) is 12.4. The van der Waals surface area contributed by atoms with Crippen LogP contribution < -0.4 is 4.74 Å². The van der Waals surface area contributed by atoms with Crippen molar-refractivity contribution < 1.29 is 29.3 Å². The molecule has 2 unspecified atom stereocenters. The third-order valence-corrected chi connectivity index (χ3v) is 6.84. The van der Waals surface area contributed by atoms with Gasteiger partial charge in [0.1, 0.15) is 23.9 Å². The fourth-order valence-corrected chi connectivity index (χ4v) is 4.97. The van der Waals surface area contributed by atoms with E-state index in [1.165, 1.54) is 17.0 Å². The summed E-state index contributed by atoms with van der Waals surface area (Å²) < 4.78 is 11.7. The van der Waals surface area contributed by atoms with Crippen LogP contribution >= 0.6 is 0 Å². The number of phenolic OH excluding ortho intramolecular Hbond substituents is 1. The molecule has 0 saturated carbocycles. The van der Waals surface area contributed by atoms with Crippen molar-refractivity contribution in [1.29, 1.82) is 0 Å². The number of aromatic hydroxyl groups is 1. The van der Waals surface area contributed by atoms with Crippen LogP contribution in [-0.2, 0) is 20.9 Å². The predicted molar refractivity (Wildman–Crippen MR) is 138 cm³/mol. The number of rotatable bonds is 7. The molecule has 2 aliphatic rings. The average molecular weight is 500 g/mol. The Morgan fingerprint density at radius 2 is 1.86 bits per heavy atom. The average Bonchev–Trinajstić information content (AvgIpc) is 3.50. The molecule has 3 aromatic rings. The fraction of sp³-hybridized carbons (Fsp3) is 0.267. The summed E-state index contributed by atoms with van der Waals surface area (Å²) in [5.74, 6) is -1.05. The molecule has 0 bridgehead atoms. The molecule has 2 aliphatic heterocycles. The van der Waals surface area contributed by atoms with Gasteiger partial charge in [-0.1, -0.05) is 42.5 Å². The van der Waals surface area contributed by atoms with E-state index in [1.807, 2.05) is 37.3 Å². The monoisotopic (exact) mass is 499 g/mol. The van der Waals surface area contributed by atoms with Gasteiger partial charge in [-0.25, -0.2) is 0 Å². The Hall–Kier alpha value is -4.10. The van der Waals surface area contributed by atoms with Crippen LogP contribution in [0.15, 0.2) is 78.4 Å². The number of carbonyl (C=O) groups is 2. The number of carbonyl (C=O) groups excluding carboxylic acids is 2. The van der Waals surface area contributed by atoms with E-state index in [0.717, 1.165) is 24.0 Å². The number of ether oxygens (including phenoxy) is 2. The largest absolute Gasteiger partial charge is 0.508 e. The Morgan fingerprint density at radius 1 is 1.05 bits per heavy atom. The Balaban J connectivity index is 1.49. The summed E-state index contributed by atoms with van der Waals surface area (Å²) in [6.07, 6.45) is 1.50. The maximum absolute atomic E-state index is 13.2. The summed E-state index contributed by atoms with van der Waals surface area (Å²) >= 11 is 0. The Kier molecular flexibility index (Phi) is 6.97. The van der Waals surface area contributed by atoms with Gasteiger partial charge in [0.05, 0.1) is 17.7 Å². The van der Waals surface area contributed by atoms with Crippen LogP contribution in [0.4, 0.5) is 0 Å². The van der Waals surface area contributed by atoms with Crippen LogP contribution in [0.2, 0.25) is 0 Å². The molecule has 3 aromatic carbocycles. The van der Waals surface area contributed by atoms with Gasteiger partial charge in [-0.2, -0.15) is 0 Å². The maximum atomic E-state index is 13.2. The second kappa shape index (κ2) is 10.5. The Labute approximate surface area is 215 Å². The van der Waals surface area contributed by atoms with Crippen LogP contribution in [0.3, 0.4) is 0 Å². The molecule has 37 heavy (non-hydrogen) atoms. The van der Waals surface area contributed by atoms with E-state index in [2.05, 4.69) is 0 Å². The lowest BCUT2D eigenvalue weighted by Crippen LogP contribution is -2.36. The number of Topliss-reactive ketones (excluding diaryl/α,β-unsaturated/α-hetero) is 1. The van der Waals surface area contributed by atoms with E-state index < -0.39 is 17.7 Å². The summed E-state index contributed by atoms with van der Waals surface area (Å²) in [6.45, 7) is 3.11. The van der Waals surface area contributed by atoms with Crippen molar-refractivity contribution in [2.45, 2.75) is 38.5 Å². The van der Waals surface area contributed by atoms with E-state index in [-0.39, 0.29) is 29.7 Å². The van der Waals surface area contributed by atoms with Gasteiger partial charge < -0.3 is 24.6 Å². The lowest BCUT2D eigenvalue weighted by Gasteiger charge is -2.27. The number of amides is 1.